The summed E-state index contributed by atoms with van der Waals surface area (Å²) in [5, 5.41) is 14.8. The average Bonchev–Trinajstić information content (AvgIpc) is 3.41. The fraction of sp³-hybridized carbons (Fsp3) is 0.371. The molecule has 262 valence electrons. The van der Waals surface area contributed by atoms with Gasteiger partial charge in [0, 0.05) is 30.2 Å². The van der Waals surface area contributed by atoms with Gasteiger partial charge in [-0.1, -0.05) is 29.8 Å². The Balaban J connectivity index is 1.51. The summed E-state index contributed by atoms with van der Waals surface area (Å²) in [6.07, 6.45) is 1.46. The predicted octanol–water partition coefficient (Wildman–Crippen LogP) is 8.14. The summed E-state index contributed by atoms with van der Waals surface area (Å²) in [7, 11) is -2.37. The molecule has 9 nitrogen and oxygen atoms in total. The number of fused-ring (bicyclic) bond motifs is 1. The van der Waals surface area contributed by atoms with E-state index in [2.05, 4.69) is 0 Å². The molecule has 1 aliphatic rings. The number of carbonyl (C=O) groups is 2. The molecule has 3 N–H and O–H groups in total. The molecule has 0 saturated heterocycles. The van der Waals surface area contributed by atoms with E-state index < -0.39 is 39.2 Å². The van der Waals surface area contributed by atoms with E-state index in [-0.39, 0.29) is 43.4 Å². The molecule has 5 rings (SSSR count). The van der Waals surface area contributed by atoms with Crippen LogP contribution in [0.15, 0.2) is 59.5 Å². The minimum Gasteiger partial charge on any atom is -0.496 e. The van der Waals surface area contributed by atoms with Crippen molar-refractivity contribution in [2.45, 2.75) is 69.5 Å². The Morgan fingerprint density at radius 3 is 2.16 bits per heavy atom. The zero-order chi connectivity index (χ0) is 35.8. The van der Waals surface area contributed by atoms with E-state index in [1.165, 1.54) is 24.1 Å². The summed E-state index contributed by atoms with van der Waals surface area (Å²) in [6, 6.07) is 13.2. The normalized spacial score (nSPS) is 16.8. The molecule has 1 heterocycles. The SMILES string of the molecule is COc1ccc(-c2ccc(S(N)(=O)=O)cc2)cc1CN(C(=O)c1sc2c(F)ccc(F)c2c1Cl)C1CCC(CN(C(=O)O)C(C)(C)C)CC1. The van der Waals surface area contributed by atoms with Crippen molar-refractivity contribution in [1.29, 1.82) is 0 Å². The lowest BCUT2D eigenvalue weighted by Crippen LogP contribution is -2.48. The molecule has 49 heavy (non-hydrogen) atoms. The first kappa shape index (κ1) is 36.5. The van der Waals surface area contributed by atoms with Gasteiger partial charge >= 0.3 is 6.09 Å². The summed E-state index contributed by atoms with van der Waals surface area (Å²) >= 11 is 7.40. The van der Waals surface area contributed by atoms with Crippen LogP contribution in [0.2, 0.25) is 5.02 Å². The molecule has 4 aromatic rings. The first-order chi connectivity index (χ1) is 23.0. The number of nitrogens with two attached hydrogens (primary N) is 1. The number of primary sulfonamides is 1. The highest BCUT2D eigenvalue weighted by molar-refractivity contribution is 7.89. The molecule has 1 aromatic heterocycles. The minimum atomic E-state index is -3.88. The van der Waals surface area contributed by atoms with Crippen molar-refractivity contribution in [3.05, 3.63) is 81.7 Å². The third kappa shape index (κ3) is 7.85. The highest BCUT2D eigenvalue weighted by atomic mass is 35.5. The predicted molar refractivity (Wildman–Crippen MR) is 187 cm³/mol. The standard InChI is InChI=1S/C35H38ClF2N3O6S2/c1-35(2,3)41(34(43)44)18-20-5-10-24(11-6-20)40(33(42)32-30(36)29-26(37)14-15-27(38)31(29)48-32)19-23-17-22(9-16-28(23)47-4)21-7-12-25(13-8-21)49(39,45)46/h7-9,12-17,20,24H,5-6,10-11,18-19H2,1-4H3,(H,43,44)(H2,39,45,46). The maximum absolute atomic E-state index is 14.8. The van der Waals surface area contributed by atoms with Gasteiger partial charge in [0.05, 0.1) is 27.1 Å². The van der Waals surface area contributed by atoms with Gasteiger partial charge < -0.3 is 19.6 Å². The molecule has 0 unspecified atom stereocenters. The lowest BCUT2D eigenvalue weighted by Gasteiger charge is -2.40. The second-order valence-corrected chi connectivity index (χ2v) is 16.2. The van der Waals surface area contributed by atoms with Crippen LogP contribution in [-0.4, -0.2) is 60.6 Å². The zero-order valence-electron chi connectivity index (χ0n) is 27.5. The van der Waals surface area contributed by atoms with Crippen molar-refractivity contribution in [3.63, 3.8) is 0 Å². The highest BCUT2D eigenvalue weighted by Gasteiger charge is 2.35. The quantitative estimate of drug-likeness (QED) is 0.179. The molecule has 1 saturated carbocycles. The highest BCUT2D eigenvalue weighted by Crippen LogP contribution is 2.41. The lowest BCUT2D eigenvalue weighted by molar-refractivity contribution is 0.0535. The van der Waals surface area contributed by atoms with Gasteiger partial charge in [-0.3, -0.25) is 4.79 Å². The average molecular weight is 734 g/mol. The second-order valence-electron chi connectivity index (χ2n) is 13.2. The number of methoxy groups -OCH3 is 1. The maximum atomic E-state index is 14.8. The van der Waals surface area contributed by atoms with E-state index in [0.29, 0.717) is 49.1 Å². The number of hydrogen-bond acceptors (Lipinski definition) is 6. The molecule has 0 spiro atoms. The Bertz CT molecular complexity index is 1990. The van der Waals surface area contributed by atoms with Crippen LogP contribution in [0.3, 0.4) is 0 Å². The van der Waals surface area contributed by atoms with E-state index in [1.54, 1.807) is 23.1 Å². The van der Waals surface area contributed by atoms with Crippen LogP contribution in [0.1, 0.15) is 61.7 Å². The Morgan fingerprint density at radius 2 is 1.61 bits per heavy atom. The fourth-order valence-corrected chi connectivity index (χ4v) is 8.39. The molecule has 0 aliphatic heterocycles. The van der Waals surface area contributed by atoms with Crippen LogP contribution in [0.25, 0.3) is 21.2 Å². The molecule has 3 aromatic carbocycles. The number of ether oxygens (including phenoxy) is 1. The number of benzene rings is 3. The molecule has 1 aliphatic carbocycles. The summed E-state index contributed by atoms with van der Waals surface area (Å²) in [6.45, 7) is 5.98. The third-order valence-electron chi connectivity index (χ3n) is 9.01. The van der Waals surface area contributed by atoms with Crippen LogP contribution in [0.4, 0.5) is 13.6 Å². The number of amides is 2. The van der Waals surface area contributed by atoms with Crippen molar-refractivity contribution in [2.75, 3.05) is 13.7 Å². The van der Waals surface area contributed by atoms with Gasteiger partial charge in [-0.15, -0.1) is 11.3 Å². The largest absolute Gasteiger partial charge is 0.496 e. The van der Waals surface area contributed by atoms with Crippen LogP contribution in [-0.2, 0) is 16.6 Å². The van der Waals surface area contributed by atoms with Gasteiger partial charge in [0.25, 0.3) is 5.91 Å². The monoisotopic (exact) mass is 733 g/mol. The lowest BCUT2D eigenvalue weighted by atomic mass is 9.84. The molecule has 0 atom stereocenters. The smallest absolute Gasteiger partial charge is 0.407 e. The van der Waals surface area contributed by atoms with Crippen molar-refractivity contribution in [1.82, 2.24) is 9.80 Å². The number of rotatable bonds is 9. The number of carboxylic acid groups (broad SMARTS) is 1. The number of sulfonamides is 1. The first-order valence-corrected chi connectivity index (χ1v) is 18.4. The zero-order valence-corrected chi connectivity index (χ0v) is 29.9. The number of hydrogen-bond donors (Lipinski definition) is 2. The minimum absolute atomic E-state index is 0.0151. The summed E-state index contributed by atoms with van der Waals surface area (Å²) in [5.41, 5.74) is 1.50. The molecule has 0 bridgehead atoms. The van der Waals surface area contributed by atoms with Gasteiger partial charge in [0.1, 0.15) is 22.3 Å². The van der Waals surface area contributed by atoms with Crippen LogP contribution < -0.4 is 9.88 Å². The van der Waals surface area contributed by atoms with Gasteiger partial charge in [0.2, 0.25) is 10.0 Å². The number of nitrogens with zero attached hydrogens (tertiary/aromatic N) is 2. The molecular formula is C35H38ClF2N3O6S2. The van der Waals surface area contributed by atoms with Crippen molar-refractivity contribution in [3.8, 4) is 16.9 Å². The van der Waals surface area contributed by atoms with Crippen molar-refractivity contribution >= 4 is 55.0 Å². The molecule has 14 heteroatoms. The van der Waals surface area contributed by atoms with E-state index in [9.17, 15) is 31.9 Å². The Labute approximate surface area is 293 Å². The summed E-state index contributed by atoms with van der Waals surface area (Å²) in [4.78, 5) is 29.5. The van der Waals surface area contributed by atoms with Crippen molar-refractivity contribution in [2.24, 2.45) is 11.1 Å². The van der Waals surface area contributed by atoms with E-state index in [4.69, 9.17) is 21.5 Å². The first-order valence-electron chi connectivity index (χ1n) is 15.7. The van der Waals surface area contributed by atoms with Gasteiger partial charge in [-0.2, -0.15) is 0 Å². The number of thiophene rings is 1. The van der Waals surface area contributed by atoms with Gasteiger partial charge in [-0.25, -0.2) is 27.1 Å². The summed E-state index contributed by atoms with van der Waals surface area (Å²) < 4.78 is 58.8. The van der Waals surface area contributed by atoms with Gasteiger partial charge in [0.15, 0.2) is 0 Å². The molecular weight excluding hydrogens is 696 g/mol. The Kier molecular flexibility index (Phi) is 10.6. The Morgan fingerprint density at radius 1 is 1.00 bits per heavy atom. The molecule has 1 fully saturated rings. The fourth-order valence-electron chi connectivity index (χ4n) is 6.37. The number of halogens is 3. The van der Waals surface area contributed by atoms with Gasteiger partial charge in [-0.05, 0) is 99.9 Å². The Hall–Kier alpha value is -3.78. The third-order valence-corrected chi connectivity index (χ3v) is 11.6. The van der Waals surface area contributed by atoms with Crippen LogP contribution in [0, 0.1) is 17.6 Å². The number of carbonyl (C=O) groups excluding carboxylic acids is 1. The van der Waals surface area contributed by atoms with Crippen LogP contribution >= 0.6 is 22.9 Å². The second kappa shape index (κ2) is 14.2. The van der Waals surface area contributed by atoms with E-state index >= 15 is 0 Å². The molecule has 0 radical (unpaired) electrons. The molecule has 2 amide bonds. The van der Waals surface area contributed by atoms with E-state index in [0.717, 1.165) is 29.0 Å². The van der Waals surface area contributed by atoms with Crippen LogP contribution in [0.5, 0.6) is 5.75 Å². The topological polar surface area (TPSA) is 130 Å². The maximum Gasteiger partial charge on any atom is 0.407 e. The van der Waals surface area contributed by atoms with Crippen molar-refractivity contribution < 1.29 is 36.6 Å². The van der Waals surface area contributed by atoms with E-state index in [1.807, 2.05) is 32.9 Å². The summed E-state index contributed by atoms with van der Waals surface area (Å²) in [5.74, 6) is -1.32.